The Kier molecular flexibility index (Phi) is 8.79. The van der Waals surface area contributed by atoms with Gasteiger partial charge >= 0.3 is 0 Å². The number of anilines is 3. The van der Waals surface area contributed by atoms with Crippen LogP contribution in [0.25, 0.3) is 22.3 Å². The van der Waals surface area contributed by atoms with E-state index < -0.39 is 0 Å². The molecule has 0 bridgehead atoms. The molecule has 0 saturated carbocycles. The molecular weight excluding hydrogens is 658 g/mol. The number of benzene rings is 5. The topological polar surface area (TPSA) is 12.5 Å². The highest BCUT2D eigenvalue weighted by atomic mass is 79.9. The lowest BCUT2D eigenvalue weighted by Gasteiger charge is -2.33. The molecule has 1 heterocycles. The highest BCUT2D eigenvalue weighted by molar-refractivity contribution is 9.10. The molecule has 0 saturated heterocycles. The largest absolute Gasteiger partial charge is 0.453 e. The first-order chi connectivity index (χ1) is 20.8. The van der Waals surface area contributed by atoms with Crippen molar-refractivity contribution in [2.24, 2.45) is 0 Å². The van der Waals surface area contributed by atoms with E-state index >= 15 is 0 Å². The van der Waals surface area contributed by atoms with Crippen LogP contribution in [0.15, 0.2) is 99.9 Å². The molecule has 0 aromatic heterocycles. The fourth-order valence-electron chi connectivity index (χ4n) is 6.18. The third-order valence-electron chi connectivity index (χ3n) is 8.07. The van der Waals surface area contributed by atoms with Crippen molar-refractivity contribution in [3.63, 3.8) is 0 Å². The molecule has 0 aliphatic carbocycles. The Morgan fingerprint density at radius 2 is 1.09 bits per heavy atom. The molecule has 43 heavy (non-hydrogen) atoms. The summed E-state index contributed by atoms with van der Waals surface area (Å²) < 4.78 is 8.41. The van der Waals surface area contributed by atoms with Gasteiger partial charge in [-0.15, -0.1) is 0 Å². The van der Waals surface area contributed by atoms with Gasteiger partial charge in [0.05, 0.1) is 11.4 Å². The molecule has 4 heteroatoms. The van der Waals surface area contributed by atoms with Gasteiger partial charge in [-0.2, -0.15) is 0 Å². The quantitative estimate of drug-likeness (QED) is 0.147. The summed E-state index contributed by atoms with van der Waals surface area (Å²) in [5, 5.41) is 0. The van der Waals surface area contributed by atoms with Crippen molar-refractivity contribution in [1.82, 2.24) is 0 Å². The summed E-state index contributed by atoms with van der Waals surface area (Å²) in [5.41, 5.74) is 13.3. The van der Waals surface area contributed by atoms with Gasteiger partial charge in [-0.05, 0) is 116 Å². The Bertz CT molecular complexity index is 1740. The lowest BCUT2D eigenvalue weighted by molar-refractivity contribution is 0.476. The zero-order valence-electron chi connectivity index (χ0n) is 25.3. The number of rotatable bonds is 8. The first kappa shape index (κ1) is 29.7. The Hall–Kier alpha value is -3.34. The molecule has 0 atom stereocenters. The minimum Gasteiger partial charge on any atom is -0.453 e. The van der Waals surface area contributed by atoms with E-state index in [1.54, 1.807) is 0 Å². The molecule has 0 fully saturated rings. The van der Waals surface area contributed by atoms with E-state index in [1.807, 2.05) is 12.1 Å². The Labute approximate surface area is 273 Å². The van der Waals surface area contributed by atoms with Crippen molar-refractivity contribution < 1.29 is 4.74 Å². The van der Waals surface area contributed by atoms with Gasteiger partial charge in [0.25, 0.3) is 0 Å². The summed E-state index contributed by atoms with van der Waals surface area (Å²) in [6.07, 6.45) is 6.20. The predicted molar refractivity (Wildman–Crippen MR) is 190 cm³/mol. The maximum absolute atomic E-state index is 6.44. The summed E-state index contributed by atoms with van der Waals surface area (Å²) in [4.78, 5) is 2.34. The minimum atomic E-state index is 0.822. The standard InChI is InChI=1S/C39H37Br2NO/c1-5-6-7-8-9-28-15-27(4)18-30(19-28)32-20-31(29-16-25(2)14-26(3)17-29)21-35(22-32)42-36-12-10-33(40)23-38(36)43-39-24-34(41)11-13-37(39)42/h10-24H,5-9H2,1-4H3. The molecular formula is C39H37Br2NO. The van der Waals surface area contributed by atoms with Gasteiger partial charge in [-0.1, -0.05) is 111 Å². The third-order valence-corrected chi connectivity index (χ3v) is 9.05. The van der Waals surface area contributed by atoms with Gasteiger partial charge in [-0.25, -0.2) is 0 Å². The number of aryl methyl sites for hydroxylation is 4. The number of hydrogen-bond donors (Lipinski definition) is 0. The second-order valence-corrected chi connectivity index (χ2v) is 13.7. The van der Waals surface area contributed by atoms with Crippen molar-refractivity contribution in [3.05, 3.63) is 122 Å². The zero-order valence-corrected chi connectivity index (χ0v) is 28.5. The molecule has 1 aliphatic heterocycles. The predicted octanol–water partition coefficient (Wildman–Crippen LogP) is 13.2. The number of hydrogen-bond acceptors (Lipinski definition) is 2. The van der Waals surface area contributed by atoms with Crippen LogP contribution in [0.1, 0.15) is 54.9 Å². The van der Waals surface area contributed by atoms with E-state index in [0.29, 0.717) is 0 Å². The molecule has 5 aromatic rings. The van der Waals surface area contributed by atoms with E-state index in [1.165, 1.54) is 70.2 Å². The second-order valence-electron chi connectivity index (χ2n) is 11.8. The van der Waals surface area contributed by atoms with Crippen LogP contribution in [0.5, 0.6) is 11.5 Å². The van der Waals surface area contributed by atoms with Crippen LogP contribution in [0.4, 0.5) is 17.1 Å². The van der Waals surface area contributed by atoms with E-state index in [9.17, 15) is 0 Å². The average Bonchev–Trinajstić information content (AvgIpc) is 2.97. The van der Waals surface area contributed by atoms with Crippen LogP contribution >= 0.6 is 31.9 Å². The van der Waals surface area contributed by atoms with Crippen LogP contribution in [-0.4, -0.2) is 0 Å². The van der Waals surface area contributed by atoms with Crippen LogP contribution < -0.4 is 9.64 Å². The fourth-order valence-corrected chi connectivity index (χ4v) is 6.86. The summed E-state index contributed by atoms with van der Waals surface area (Å²) in [5.74, 6) is 1.64. The Morgan fingerprint density at radius 1 is 0.558 bits per heavy atom. The van der Waals surface area contributed by atoms with Crippen molar-refractivity contribution in [3.8, 4) is 33.8 Å². The van der Waals surface area contributed by atoms with Gasteiger partial charge in [0, 0.05) is 14.6 Å². The number of nitrogens with zero attached hydrogens (tertiary/aromatic N) is 1. The highest BCUT2D eigenvalue weighted by Gasteiger charge is 2.27. The molecule has 0 N–H and O–H groups in total. The SMILES string of the molecule is CCCCCCc1cc(C)cc(-c2cc(-c3cc(C)cc(C)c3)cc(N3c4ccc(Br)cc4Oc4cc(Br)ccc43)c2)c1. The van der Waals surface area contributed by atoms with Gasteiger partial charge in [0.2, 0.25) is 0 Å². The Balaban J connectivity index is 1.55. The smallest absolute Gasteiger partial charge is 0.152 e. The lowest BCUT2D eigenvalue weighted by atomic mass is 9.93. The van der Waals surface area contributed by atoms with Crippen molar-refractivity contribution in [2.75, 3.05) is 4.90 Å². The monoisotopic (exact) mass is 693 g/mol. The molecule has 0 radical (unpaired) electrons. The van der Waals surface area contributed by atoms with Crippen LogP contribution in [0.3, 0.4) is 0 Å². The lowest BCUT2D eigenvalue weighted by Crippen LogP contribution is -2.16. The normalized spacial score (nSPS) is 12.1. The van der Waals surface area contributed by atoms with Crippen LogP contribution in [0.2, 0.25) is 0 Å². The van der Waals surface area contributed by atoms with Crippen molar-refractivity contribution in [1.29, 1.82) is 0 Å². The molecule has 1 aliphatic rings. The zero-order chi connectivity index (χ0) is 30.1. The summed E-state index contributed by atoms with van der Waals surface area (Å²) in [6, 6.07) is 33.5. The second kappa shape index (κ2) is 12.7. The molecule has 6 rings (SSSR count). The molecule has 2 nitrogen and oxygen atoms in total. The summed E-state index contributed by atoms with van der Waals surface area (Å²) in [6.45, 7) is 8.85. The van der Waals surface area contributed by atoms with Gasteiger partial charge in [0.1, 0.15) is 0 Å². The van der Waals surface area contributed by atoms with Gasteiger partial charge < -0.3 is 9.64 Å². The number of halogens is 2. The highest BCUT2D eigenvalue weighted by Crippen LogP contribution is 2.52. The number of unbranched alkanes of at least 4 members (excludes halogenated alkanes) is 3. The Morgan fingerprint density at radius 3 is 1.67 bits per heavy atom. The first-order valence-electron chi connectivity index (χ1n) is 15.2. The van der Waals surface area contributed by atoms with E-state index in [0.717, 1.165) is 43.9 Å². The minimum absolute atomic E-state index is 0.822. The molecule has 218 valence electrons. The maximum Gasteiger partial charge on any atom is 0.152 e. The first-order valence-corrected chi connectivity index (χ1v) is 16.8. The summed E-state index contributed by atoms with van der Waals surface area (Å²) >= 11 is 7.30. The van der Waals surface area contributed by atoms with E-state index in [-0.39, 0.29) is 0 Å². The molecule has 0 unspecified atom stereocenters. The maximum atomic E-state index is 6.44. The molecule has 5 aromatic carbocycles. The number of fused-ring (bicyclic) bond motifs is 2. The third kappa shape index (κ3) is 6.61. The van der Waals surface area contributed by atoms with Gasteiger partial charge in [0.15, 0.2) is 11.5 Å². The fraction of sp³-hybridized carbons (Fsp3) is 0.231. The molecule has 0 spiro atoms. The molecule has 0 amide bonds. The van der Waals surface area contributed by atoms with Crippen LogP contribution in [0, 0.1) is 20.8 Å². The van der Waals surface area contributed by atoms with Crippen LogP contribution in [-0.2, 0) is 6.42 Å². The van der Waals surface area contributed by atoms with E-state index in [4.69, 9.17) is 4.74 Å². The number of ether oxygens (including phenoxy) is 1. The average molecular weight is 696 g/mol. The van der Waals surface area contributed by atoms with Crippen molar-refractivity contribution in [2.45, 2.75) is 59.8 Å². The summed E-state index contributed by atoms with van der Waals surface area (Å²) in [7, 11) is 0. The van der Waals surface area contributed by atoms with Crippen molar-refractivity contribution >= 4 is 48.9 Å². The van der Waals surface area contributed by atoms with Gasteiger partial charge in [-0.3, -0.25) is 0 Å². The van der Waals surface area contributed by atoms with E-state index in [2.05, 4.69) is 143 Å².